The van der Waals surface area contributed by atoms with Gasteiger partial charge in [0.15, 0.2) is 0 Å². The minimum Gasteiger partial charge on any atom is -0.484 e. The van der Waals surface area contributed by atoms with E-state index in [9.17, 15) is 0 Å². The predicted octanol–water partition coefficient (Wildman–Crippen LogP) is 3.22. The van der Waals surface area contributed by atoms with Gasteiger partial charge >= 0.3 is 0 Å². The van der Waals surface area contributed by atoms with Crippen LogP contribution in [0.15, 0.2) is 29.3 Å². The van der Waals surface area contributed by atoms with Gasteiger partial charge < -0.3 is 10.1 Å². The largest absolute Gasteiger partial charge is 0.484 e. The molecule has 0 spiro atoms. The highest BCUT2D eigenvalue weighted by atomic mass is 16.5. The van der Waals surface area contributed by atoms with E-state index in [4.69, 9.17) is 9.73 Å². The first kappa shape index (κ1) is 10.6. The maximum absolute atomic E-state index is 5.68. The van der Waals surface area contributed by atoms with E-state index in [0.717, 1.165) is 17.3 Å². The number of nitrogens with zero attached hydrogens (tertiary/aromatic N) is 1. The van der Waals surface area contributed by atoms with Crippen molar-refractivity contribution in [2.45, 2.75) is 38.1 Å². The van der Waals surface area contributed by atoms with Crippen LogP contribution < -0.4 is 10.1 Å². The highest BCUT2D eigenvalue weighted by molar-refractivity contribution is 5.99. The molecule has 0 aromatic heterocycles. The number of amidine groups is 1. The maximum atomic E-state index is 5.68. The summed E-state index contributed by atoms with van der Waals surface area (Å²) in [6.07, 6.45) is 6.46. The zero-order valence-electron chi connectivity index (χ0n) is 9.98. The Morgan fingerprint density at radius 1 is 1.12 bits per heavy atom. The molecule has 1 aromatic rings. The number of hydrogen-bond donors (Lipinski definition) is 1. The lowest BCUT2D eigenvalue weighted by molar-refractivity contribution is 0.368. The molecular weight excluding hydrogens is 212 g/mol. The van der Waals surface area contributed by atoms with E-state index in [1.807, 2.05) is 24.3 Å². The van der Waals surface area contributed by atoms with E-state index < -0.39 is 0 Å². The monoisotopic (exact) mass is 230 g/mol. The van der Waals surface area contributed by atoms with Crippen molar-refractivity contribution < 1.29 is 4.74 Å². The zero-order chi connectivity index (χ0) is 11.5. The Kier molecular flexibility index (Phi) is 2.99. The molecule has 1 aromatic carbocycles. The fourth-order valence-corrected chi connectivity index (χ4v) is 2.53. The number of ether oxygens (including phenoxy) is 1. The highest BCUT2D eigenvalue weighted by Gasteiger charge is 2.17. The van der Waals surface area contributed by atoms with Gasteiger partial charge in [0.25, 0.3) is 0 Å². The smallest absolute Gasteiger partial charge is 0.146 e. The maximum Gasteiger partial charge on any atom is 0.146 e. The second-order valence-electron chi connectivity index (χ2n) is 4.78. The Balaban J connectivity index is 1.72. The van der Waals surface area contributed by atoms with Crippen molar-refractivity contribution in [3.05, 3.63) is 24.3 Å². The van der Waals surface area contributed by atoms with Crippen LogP contribution in [0.3, 0.4) is 0 Å². The second kappa shape index (κ2) is 4.78. The molecule has 0 radical (unpaired) electrons. The third-order valence-electron chi connectivity index (χ3n) is 3.44. The highest BCUT2D eigenvalue weighted by Crippen LogP contribution is 2.27. The van der Waals surface area contributed by atoms with Gasteiger partial charge in [0.2, 0.25) is 0 Å². The standard InChI is InChI=1S/C14H18N2O/c1-2-6-11(7-3-1)15-14-10-17-13-9-5-4-8-12(13)16-14/h4-5,8-9,11H,1-3,6-7,10H2,(H,15,16). The van der Waals surface area contributed by atoms with Crippen LogP contribution in [0.1, 0.15) is 32.1 Å². The van der Waals surface area contributed by atoms with Gasteiger partial charge in [0, 0.05) is 0 Å². The molecule has 0 saturated heterocycles. The van der Waals surface area contributed by atoms with Crippen molar-refractivity contribution >= 4 is 11.5 Å². The molecule has 0 bridgehead atoms. The summed E-state index contributed by atoms with van der Waals surface area (Å²) in [4.78, 5) is 4.77. The third-order valence-corrected chi connectivity index (χ3v) is 3.44. The first-order chi connectivity index (χ1) is 8.42. The molecule has 0 unspecified atom stereocenters. The van der Waals surface area contributed by atoms with Crippen molar-refractivity contribution in [1.29, 1.82) is 0 Å². The Morgan fingerprint density at radius 3 is 2.82 bits per heavy atom. The molecule has 3 nitrogen and oxygen atoms in total. The minimum absolute atomic E-state index is 0.500. The van der Waals surface area contributed by atoms with Gasteiger partial charge in [-0.1, -0.05) is 31.4 Å². The van der Waals surface area contributed by atoms with Gasteiger partial charge in [-0.2, -0.15) is 0 Å². The molecule has 3 heteroatoms. The molecule has 1 fully saturated rings. The Hall–Kier alpha value is -1.51. The molecule has 1 saturated carbocycles. The first-order valence-electron chi connectivity index (χ1n) is 6.47. The number of para-hydroxylation sites is 2. The van der Waals surface area contributed by atoms with Crippen LogP contribution >= 0.6 is 0 Å². The van der Waals surface area contributed by atoms with E-state index in [0.29, 0.717) is 12.6 Å². The topological polar surface area (TPSA) is 33.6 Å². The molecule has 1 aliphatic heterocycles. The summed E-state index contributed by atoms with van der Waals surface area (Å²) in [5.41, 5.74) is 1.04. The summed E-state index contributed by atoms with van der Waals surface area (Å²) in [5, 5.41) is 3.37. The van der Waals surface area contributed by atoms with Gasteiger partial charge in [-0.25, -0.2) is 0 Å². The Morgan fingerprint density at radius 2 is 1.94 bits per heavy atom. The quantitative estimate of drug-likeness (QED) is 0.803. The molecule has 1 heterocycles. The predicted molar refractivity (Wildman–Crippen MR) is 69.9 cm³/mol. The van der Waals surface area contributed by atoms with Gasteiger partial charge in [0.1, 0.15) is 18.2 Å². The Labute approximate surface area is 102 Å². The number of aliphatic imine (C=N–C) groups is 1. The normalized spacial score (nSPS) is 22.7. The molecule has 17 heavy (non-hydrogen) atoms. The van der Waals surface area contributed by atoms with Crippen molar-refractivity contribution in [1.82, 2.24) is 0 Å². The van der Waals surface area contributed by atoms with Gasteiger partial charge in [-0.15, -0.1) is 0 Å². The summed E-state index contributed by atoms with van der Waals surface area (Å²) in [5.74, 6) is 1.91. The minimum atomic E-state index is 0.500. The summed E-state index contributed by atoms with van der Waals surface area (Å²) in [6.45, 7) is 0.577. The summed E-state index contributed by atoms with van der Waals surface area (Å²) < 4.78 is 5.68. The van der Waals surface area contributed by atoms with Crippen LogP contribution in [-0.4, -0.2) is 18.5 Å². The molecule has 1 aliphatic carbocycles. The lowest BCUT2D eigenvalue weighted by Gasteiger charge is -2.24. The van der Waals surface area contributed by atoms with E-state index >= 15 is 0 Å². The fourth-order valence-electron chi connectivity index (χ4n) is 2.53. The van der Waals surface area contributed by atoms with Crippen LogP contribution in [0.4, 0.5) is 5.69 Å². The number of fused-ring (bicyclic) bond motifs is 1. The van der Waals surface area contributed by atoms with Gasteiger partial charge in [-0.3, -0.25) is 4.99 Å². The molecule has 0 amide bonds. The van der Waals surface area contributed by atoms with E-state index in [1.54, 1.807) is 0 Å². The number of benzene rings is 1. The van der Waals surface area contributed by atoms with Crippen molar-refractivity contribution in [2.75, 3.05) is 11.9 Å². The van der Waals surface area contributed by atoms with Crippen LogP contribution in [0.2, 0.25) is 0 Å². The van der Waals surface area contributed by atoms with Crippen LogP contribution in [0.25, 0.3) is 0 Å². The average Bonchev–Trinajstić information content (AvgIpc) is 2.40. The van der Waals surface area contributed by atoms with Crippen molar-refractivity contribution in [3.63, 3.8) is 0 Å². The number of rotatable bonds is 1. The van der Waals surface area contributed by atoms with Gasteiger partial charge in [0.05, 0.1) is 11.7 Å². The van der Waals surface area contributed by atoms with E-state index in [2.05, 4.69) is 5.32 Å². The third kappa shape index (κ3) is 2.43. The fraction of sp³-hybridized carbons (Fsp3) is 0.500. The SMILES string of the molecule is c1ccc2c(c1)NC(=NC1CCCCC1)CO2. The molecular formula is C14H18N2O. The molecule has 0 atom stereocenters. The number of hydrogen-bond acceptors (Lipinski definition) is 2. The summed E-state index contributed by atoms with van der Waals surface area (Å²) in [7, 11) is 0. The molecule has 1 N–H and O–H groups in total. The van der Waals surface area contributed by atoms with E-state index in [1.165, 1.54) is 32.1 Å². The Bertz CT molecular complexity index is 422. The molecule has 2 aliphatic rings. The summed E-state index contributed by atoms with van der Waals surface area (Å²) >= 11 is 0. The first-order valence-corrected chi connectivity index (χ1v) is 6.47. The summed E-state index contributed by atoms with van der Waals surface area (Å²) in [6, 6.07) is 8.52. The lowest BCUT2D eigenvalue weighted by atomic mass is 9.96. The second-order valence-corrected chi connectivity index (χ2v) is 4.78. The number of nitrogens with one attached hydrogen (secondary N) is 1. The lowest BCUT2D eigenvalue weighted by Crippen LogP contribution is -2.28. The molecule has 3 rings (SSSR count). The van der Waals surface area contributed by atoms with E-state index in [-0.39, 0.29) is 0 Å². The van der Waals surface area contributed by atoms with Crippen LogP contribution in [0.5, 0.6) is 5.75 Å². The number of anilines is 1. The van der Waals surface area contributed by atoms with Crippen molar-refractivity contribution in [2.24, 2.45) is 4.99 Å². The average molecular weight is 230 g/mol. The molecule has 90 valence electrons. The zero-order valence-corrected chi connectivity index (χ0v) is 9.98. The van der Waals surface area contributed by atoms with Crippen molar-refractivity contribution in [3.8, 4) is 5.75 Å². The van der Waals surface area contributed by atoms with Crippen LogP contribution in [-0.2, 0) is 0 Å². The van der Waals surface area contributed by atoms with Crippen LogP contribution in [0, 0.1) is 0 Å². The van der Waals surface area contributed by atoms with Gasteiger partial charge in [-0.05, 0) is 25.0 Å².